The lowest BCUT2D eigenvalue weighted by atomic mass is 10.2. The fourth-order valence-corrected chi connectivity index (χ4v) is 1.56. The van der Waals surface area contributed by atoms with Crippen molar-refractivity contribution in [2.24, 2.45) is 0 Å². The molecule has 0 aliphatic rings. The molecule has 2 aromatic rings. The highest BCUT2D eigenvalue weighted by Gasteiger charge is 1.99. The van der Waals surface area contributed by atoms with Gasteiger partial charge in [-0.2, -0.15) is 0 Å². The van der Waals surface area contributed by atoms with Crippen LogP contribution < -0.4 is 11.1 Å². The van der Waals surface area contributed by atoms with E-state index in [1.54, 1.807) is 24.4 Å². The van der Waals surface area contributed by atoms with Crippen LogP contribution in [-0.4, -0.2) is 15.9 Å². The molecule has 0 saturated heterocycles. The lowest BCUT2D eigenvalue weighted by Gasteiger charge is -2.00. The Kier molecular flexibility index (Phi) is 3.96. The number of nitrogens with zero attached hydrogens (tertiary/aromatic N) is 2. The van der Waals surface area contributed by atoms with Crippen molar-refractivity contribution in [1.82, 2.24) is 9.97 Å². The molecule has 1 amide bonds. The molecule has 0 aromatic carbocycles. The molecular weight excluding hydrogens is 252 g/mol. The summed E-state index contributed by atoms with van der Waals surface area (Å²) in [7, 11) is 0. The van der Waals surface area contributed by atoms with Crippen LogP contribution in [0.5, 0.6) is 0 Å². The second-order valence-corrected chi connectivity index (χ2v) is 4.25. The average Bonchev–Trinajstić information content (AvgIpc) is 2.39. The van der Waals surface area contributed by atoms with Crippen LogP contribution in [0.4, 0.5) is 11.5 Å². The number of pyridine rings is 2. The molecule has 100 valence electrons. The SMILES string of the molecule is CC(=O)Nc1cc(C#Cc2nc(C)ccc2N)ccn1. The molecule has 20 heavy (non-hydrogen) atoms. The summed E-state index contributed by atoms with van der Waals surface area (Å²) in [5.41, 5.74) is 8.49. The molecule has 2 rings (SSSR count). The van der Waals surface area contributed by atoms with Gasteiger partial charge < -0.3 is 11.1 Å². The number of nitrogen functional groups attached to an aromatic ring is 1. The summed E-state index contributed by atoms with van der Waals surface area (Å²) in [5.74, 6) is 6.18. The Labute approximate surface area is 117 Å². The minimum atomic E-state index is -0.174. The van der Waals surface area contributed by atoms with Crippen LogP contribution in [0.25, 0.3) is 0 Å². The van der Waals surface area contributed by atoms with Crippen molar-refractivity contribution < 1.29 is 4.79 Å². The van der Waals surface area contributed by atoms with E-state index in [0.29, 0.717) is 17.2 Å². The molecule has 0 saturated carbocycles. The number of rotatable bonds is 1. The van der Waals surface area contributed by atoms with Gasteiger partial charge in [0.1, 0.15) is 11.5 Å². The minimum Gasteiger partial charge on any atom is -0.396 e. The second kappa shape index (κ2) is 5.85. The Hall–Kier alpha value is -2.87. The number of aromatic nitrogens is 2. The summed E-state index contributed by atoms with van der Waals surface area (Å²) < 4.78 is 0. The highest BCUT2D eigenvalue weighted by molar-refractivity contribution is 5.87. The second-order valence-electron chi connectivity index (χ2n) is 4.25. The number of hydrogen-bond acceptors (Lipinski definition) is 4. The van der Waals surface area contributed by atoms with Crippen molar-refractivity contribution >= 4 is 17.4 Å². The molecule has 5 nitrogen and oxygen atoms in total. The molecule has 0 aliphatic heterocycles. The van der Waals surface area contributed by atoms with Crippen LogP contribution in [-0.2, 0) is 4.79 Å². The largest absolute Gasteiger partial charge is 0.396 e. The first-order valence-electron chi connectivity index (χ1n) is 6.03. The Morgan fingerprint density at radius 3 is 2.85 bits per heavy atom. The van der Waals surface area contributed by atoms with E-state index < -0.39 is 0 Å². The first-order valence-corrected chi connectivity index (χ1v) is 6.03. The van der Waals surface area contributed by atoms with E-state index in [1.807, 2.05) is 13.0 Å². The van der Waals surface area contributed by atoms with E-state index in [-0.39, 0.29) is 5.91 Å². The smallest absolute Gasteiger partial charge is 0.222 e. The molecule has 0 radical (unpaired) electrons. The normalized spacial score (nSPS) is 9.50. The predicted octanol–water partition coefficient (Wildman–Crippen LogP) is 1.73. The van der Waals surface area contributed by atoms with Gasteiger partial charge in [-0.05, 0) is 37.1 Å². The summed E-state index contributed by atoms with van der Waals surface area (Å²) in [4.78, 5) is 19.3. The van der Waals surface area contributed by atoms with Gasteiger partial charge in [-0.25, -0.2) is 9.97 Å². The lowest BCUT2D eigenvalue weighted by molar-refractivity contribution is -0.114. The fourth-order valence-electron chi connectivity index (χ4n) is 1.56. The summed E-state index contributed by atoms with van der Waals surface area (Å²) in [6.07, 6.45) is 1.59. The van der Waals surface area contributed by atoms with Gasteiger partial charge >= 0.3 is 0 Å². The van der Waals surface area contributed by atoms with E-state index in [1.165, 1.54) is 6.92 Å². The zero-order valence-electron chi connectivity index (χ0n) is 11.3. The van der Waals surface area contributed by atoms with Crippen LogP contribution in [0.3, 0.4) is 0 Å². The molecule has 0 unspecified atom stereocenters. The van der Waals surface area contributed by atoms with Gasteiger partial charge in [-0.1, -0.05) is 5.92 Å². The highest BCUT2D eigenvalue weighted by Crippen LogP contribution is 2.09. The van der Waals surface area contributed by atoms with Gasteiger partial charge in [-0.3, -0.25) is 4.79 Å². The fraction of sp³-hybridized carbons (Fsp3) is 0.133. The maximum Gasteiger partial charge on any atom is 0.222 e. The van der Waals surface area contributed by atoms with Gasteiger partial charge in [0.05, 0.1) is 5.69 Å². The molecule has 3 N–H and O–H groups in total. The molecule has 0 aliphatic carbocycles. The molecule has 2 aromatic heterocycles. The van der Waals surface area contributed by atoms with E-state index in [4.69, 9.17) is 5.73 Å². The monoisotopic (exact) mass is 266 g/mol. The third kappa shape index (κ3) is 3.56. The van der Waals surface area contributed by atoms with Gasteiger partial charge in [0, 0.05) is 24.4 Å². The van der Waals surface area contributed by atoms with E-state index in [0.717, 1.165) is 11.3 Å². The third-order valence-corrected chi connectivity index (χ3v) is 2.45. The first-order chi connectivity index (χ1) is 9.54. The van der Waals surface area contributed by atoms with Crippen molar-refractivity contribution in [2.75, 3.05) is 11.1 Å². The van der Waals surface area contributed by atoms with Crippen LogP contribution >= 0.6 is 0 Å². The number of carbonyl (C=O) groups is 1. The predicted molar refractivity (Wildman–Crippen MR) is 77.9 cm³/mol. The quantitative estimate of drug-likeness (QED) is 0.770. The average molecular weight is 266 g/mol. The first kappa shape index (κ1) is 13.6. The number of hydrogen-bond donors (Lipinski definition) is 2. The molecule has 2 heterocycles. The van der Waals surface area contributed by atoms with Crippen molar-refractivity contribution in [2.45, 2.75) is 13.8 Å². The molecular formula is C15H14N4O. The number of anilines is 2. The van der Waals surface area contributed by atoms with Crippen LogP contribution in [0.15, 0.2) is 30.5 Å². The van der Waals surface area contributed by atoms with Gasteiger partial charge in [0.25, 0.3) is 0 Å². The summed E-state index contributed by atoms with van der Waals surface area (Å²) in [6, 6.07) is 7.06. The maximum atomic E-state index is 11.0. The highest BCUT2D eigenvalue weighted by atomic mass is 16.1. The molecule has 0 spiro atoms. The topological polar surface area (TPSA) is 80.9 Å². The Morgan fingerprint density at radius 1 is 1.30 bits per heavy atom. The molecule has 0 bridgehead atoms. The minimum absolute atomic E-state index is 0.174. The number of nitrogens with one attached hydrogen (secondary N) is 1. The van der Waals surface area contributed by atoms with Crippen molar-refractivity contribution in [3.05, 3.63) is 47.4 Å². The lowest BCUT2D eigenvalue weighted by Crippen LogP contribution is -2.07. The standard InChI is InChI=1S/C15H14N4O/c1-10-3-5-13(16)14(18-10)6-4-12-7-8-17-15(9-12)19-11(2)20/h3,5,7-9H,16H2,1-2H3,(H,17,19,20). The van der Waals surface area contributed by atoms with E-state index in [2.05, 4.69) is 27.1 Å². The number of carbonyl (C=O) groups excluding carboxylic acids is 1. The van der Waals surface area contributed by atoms with Crippen molar-refractivity contribution in [3.63, 3.8) is 0 Å². The van der Waals surface area contributed by atoms with Crippen LogP contribution in [0.2, 0.25) is 0 Å². The Morgan fingerprint density at radius 2 is 2.10 bits per heavy atom. The Bertz CT molecular complexity index is 713. The number of aryl methyl sites for hydroxylation is 1. The van der Waals surface area contributed by atoms with E-state index >= 15 is 0 Å². The van der Waals surface area contributed by atoms with Gasteiger partial charge in [-0.15, -0.1) is 0 Å². The summed E-state index contributed by atoms with van der Waals surface area (Å²) in [6.45, 7) is 3.31. The zero-order valence-corrected chi connectivity index (χ0v) is 11.3. The van der Waals surface area contributed by atoms with E-state index in [9.17, 15) is 4.79 Å². The third-order valence-electron chi connectivity index (χ3n) is 2.45. The van der Waals surface area contributed by atoms with Gasteiger partial charge in [0.15, 0.2) is 0 Å². The van der Waals surface area contributed by atoms with Crippen LogP contribution in [0.1, 0.15) is 23.9 Å². The molecule has 0 fully saturated rings. The van der Waals surface area contributed by atoms with Crippen molar-refractivity contribution in [1.29, 1.82) is 0 Å². The van der Waals surface area contributed by atoms with Crippen LogP contribution in [0, 0.1) is 18.8 Å². The molecule has 0 atom stereocenters. The number of amides is 1. The summed E-state index contributed by atoms with van der Waals surface area (Å²) in [5, 5.41) is 2.61. The van der Waals surface area contributed by atoms with Crippen molar-refractivity contribution in [3.8, 4) is 11.8 Å². The molecule has 5 heteroatoms. The zero-order chi connectivity index (χ0) is 14.5. The maximum absolute atomic E-state index is 11.0. The Balaban J connectivity index is 2.28. The summed E-state index contributed by atoms with van der Waals surface area (Å²) >= 11 is 0. The number of nitrogens with two attached hydrogens (primary N) is 1. The van der Waals surface area contributed by atoms with Gasteiger partial charge in [0.2, 0.25) is 5.91 Å².